The maximum Gasteiger partial charge on any atom is 0.0999 e. The number of aliphatic imine (C=N–C) groups is 1. The van der Waals surface area contributed by atoms with E-state index in [4.69, 9.17) is 9.73 Å². The van der Waals surface area contributed by atoms with Crippen molar-refractivity contribution < 1.29 is 4.74 Å². The molecule has 0 spiro atoms. The maximum atomic E-state index is 5.62. The van der Waals surface area contributed by atoms with Crippen molar-refractivity contribution in [3.05, 3.63) is 102 Å². The molecule has 5 rings (SSSR count). The molecule has 0 unspecified atom stereocenters. The van der Waals surface area contributed by atoms with Crippen LogP contribution in [0.5, 0.6) is 0 Å². The Morgan fingerprint density at radius 2 is 1.80 bits per heavy atom. The Hall–Kier alpha value is -3.57. The van der Waals surface area contributed by atoms with Crippen LogP contribution in [0, 0.1) is 0 Å². The first-order valence-electron chi connectivity index (χ1n) is 10.1. The summed E-state index contributed by atoms with van der Waals surface area (Å²) in [4.78, 5) is 14.2. The van der Waals surface area contributed by atoms with E-state index in [1.54, 1.807) is 0 Å². The monoisotopic (exact) mass is 394 g/mol. The zero-order valence-corrected chi connectivity index (χ0v) is 16.8. The summed E-state index contributed by atoms with van der Waals surface area (Å²) in [6.07, 6.45) is 3.69. The van der Waals surface area contributed by atoms with Gasteiger partial charge >= 0.3 is 0 Å². The first-order valence-corrected chi connectivity index (χ1v) is 10.1. The van der Waals surface area contributed by atoms with E-state index in [1.165, 1.54) is 5.56 Å². The molecule has 0 saturated heterocycles. The fraction of sp³-hybridized carbons (Fsp3) is 0.160. The smallest absolute Gasteiger partial charge is 0.0999 e. The van der Waals surface area contributed by atoms with E-state index in [2.05, 4.69) is 57.0 Å². The van der Waals surface area contributed by atoms with Gasteiger partial charge in [-0.05, 0) is 42.3 Å². The molecule has 30 heavy (non-hydrogen) atoms. The van der Waals surface area contributed by atoms with Gasteiger partial charge in [-0.2, -0.15) is 0 Å². The minimum Gasteiger partial charge on any atom is -0.375 e. The zero-order valence-electron chi connectivity index (χ0n) is 16.8. The fourth-order valence-corrected chi connectivity index (χ4v) is 3.81. The number of hydrogen-bond donors (Lipinski definition) is 0. The molecule has 2 aromatic carbocycles. The molecule has 4 aromatic rings. The van der Waals surface area contributed by atoms with Crippen LogP contribution >= 0.6 is 0 Å². The second kappa shape index (κ2) is 8.05. The number of hydrogen-bond acceptors (Lipinski definition) is 4. The third-order valence-electron chi connectivity index (χ3n) is 5.31. The summed E-state index contributed by atoms with van der Waals surface area (Å²) in [5.74, 6) is 0. The molecule has 1 aliphatic heterocycles. The van der Waals surface area contributed by atoms with Gasteiger partial charge in [-0.15, -0.1) is 0 Å². The average molecular weight is 394 g/mol. The standard InChI is InChI=1S/C25H22N4O/c1-2-30-16-22-24-15-27-25(21-10-6-7-13-26-21)20-14-19(18-8-4-3-5-9-18)11-12-23(20)29(24)17-28-22/h3-14,17H,2,15-16H2,1H3. The van der Waals surface area contributed by atoms with Crippen LogP contribution in [0.3, 0.4) is 0 Å². The van der Waals surface area contributed by atoms with Crippen molar-refractivity contribution in [2.45, 2.75) is 20.1 Å². The molecule has 5 nitrogen and oxygen atoms in total. The van der Waals surface area contributed by atoms with Crippen LogP contribution in [0.2, 0.25) is 0 Å². The van der Waals surface area contributed by atoms with Crippen molar-refractivity contribution in [3.8, 4) is 16.8 Å². The largest absolute Gasteiger partial charge is 0.375 e. The number of aromatic nitrogens is 3. The van der Waals surface area contributed by atoms with Crippen molar-refractivity contribution >= 4 is 5.71 Å². The summed E-state index contributed by atoms with van der Waals surface area (Å²) < 4.78 is 7.76. The summed E-state index contributed by atoms with van der Waals surface area (Å²) in [6.45, 7) is 3.67. The minimum atomic E-state index is 0.491. The van der Waals surface area contributed by atoms with Crippen LogP contribution in [0.25, 0.3) is 16.8 Å². The van der Waals surface area contributed by atoms with Gasteiger partial charge in [0.1, 0.15) is 0 Å². The number of imidazole rings is 1. The molecule has 0 N–H and O–H groups in total. The van der Waals surface area contributed by atoms with Gasteiger partial charge in [-0.1, -0.05) is 42.5 Å². The molecule has 0 amide bonds. The predicted molar refractivity (Wildman–Crippen MR) is 118 cm³/mol. The zero-order chi connectivity index (χ0) is 20.3. The molecule has 0 saturated carbocycles. The highest BCUT2D eigenvalue weighted by molar-refractivity contribution is 6.14. The third kappa shape index (κ3) is 3.33. The molecule has 2 aromatic heterocycles. The Morgan fingerprint density at radius 1 is 0.933 bits per heavy atom. The van der Waals surface area contributed by atoms with Crippen LogP contribution < -0.4 is 0 Å². The molecule has 1 aliphatic rings. The van der Waals surface area contributed by atoms with Gasteiger partial charge in [-0.3, -0.25) is 9.98 Å². The number of ether oxygens (including phenoxy) is 1. The van der Waals surface area contributed by atoms with Crippen molar-refractivity contribution in [1.82, 2.24) is 14.5 Å². The summed E-state index contributed by atoms with van der Waals surface area (Å²) >= 11 is 0. The molecule has 3 heterocycles. The van der Waals surface area contributed by atoms with E-state index >= 15 is 0 Å². The Kier molecular flexibility index (Phi) is 4.95. The Bertz CT molecular complexity index is 1200. The predicted octanol–water partition coefficient (Wildman–Crippen LogP) is 4.82. The van der Waals surface area contributed by atoms with E-state index in [1.807, 2.05) is 43.7 Å². The van der Waals surface area contributed by atoms with Crippen LogP contribution in [0.1, 0.15) is 29.6 Å². The molecule has 0 bridgehead atoms. The number of nitrogens with zero attached hydrogens (tertiary/aromatic N) is 4. The second-order valence-corrected chi connectivity index (χ2v) is 7.12. The Labute approximate surface area is 175 Å². The first-order chi connectivity index (χ1) is 14.8. The summed E-state index contributed by atoms with van der Waals surface area (Å²) in [6, 6.07) is 22.8. The normalized spacial score (nSPS) is 12.6. The van der Waals surface area contributed by atoms with Crippen LogP contribution in [0.4, 0.5) is 0 Å². The Morgan fingerprint density at radius 3 is 2.60 bits per heavy atom. The molecule has 0 radical (unpaired) electrons. The summed E-state index contributed by atoms with van der Waals surface area (Å²) in [5, 5.41) is 0. The van der Waals surface area contributed by atoms with Crippen LogP contribution in [0.15, 0.2) is 84.2 Å². The minimum absolute atomic E-state index is 0.491. The summed E-state index contributed by atoms with van der Waals surface area (Å²) in [5.41, 5.74) is 8.19. The lowest BCUT2D eigenvalue weighted by molar-refractivity contribution is 0.131. The number of pyridine rings is 1. The maximum absolute atomic E-state index is 5.62. The van der Waals surface area contributed by atoms with E-state index in [0.29, 0.717) is 19.8 Å². The molecule has 0 atom stereocenters. The van der Waals surface area contributed by atoms with E-state index < -0.39 is 0 Å². The number of fused-ring (bicyclic) bond motifs is 3. The average Bonchev–Trinajstić information content (AvgIpc) is 3.13. The van der Waals surface area contributed by atoms with Gasteiger partial charge < -0.3 is 9.30 Å². The van der Waals surface area contributed by atoms with E-state index in [0.717, 1.165) is 39.6 Å². The highest BCUT2D eigenvalue weighted by Crippen LogP contribution is 2.30. The van der Waals surface area contributed by atoms with Gasteiger partial charge in [0.15, 0.2) is 0 Å². The molecular weight excluding hydrogens is 372 g/mol. The van der Waals surface area contributed by atoms with Crippen molar-refractivity contribution in [3.63, 3.8) is 0 Å². The van der Waals surface area contributed by atoms with Gasteiger partial charge in [0, 0.05) is 18.4 Å². The molecule has 0 fully saturated rings. The lowest BCUT2D eigenvalue weighted by atomic mass is 9.97. The van der Waals surface area contributed by atoms with Gasteiger partial charge in [0.05, 0.1) is 48.0 Å². The topological polar surface area (TPSA) is 52.3 Å². The highest BCUT2D eigenvalue weighted by Gasteiger charge is 2.22. The first kappa shape index (κ1) is 18.5. The summed E-state index contributed by atoms with van der Waals surface area (Å²) in [7, 11) is 0. The van der Waals surface area contributed by atoms with Gasteiger partial charge in [0.25, 0.3) is 0 Å². The fourth-order valence-electron chi connectivity index (χ4n) is 3.81. The number of benzene rings is 2. The molecule has 0 aliphatic carbocycles. The number of rotatable bonds is 5. The van der Waals surface area contributed by atoms with Gasteiger partial charge in [-0.25, -0.2) is 4.98 Å². The highest BCUT2D eigenvalue weighted by atomic mass is 16.5. The van der Waals surface area contributed by atoms with E-state index in [-0.39, 0.29) is 0 Å². The van der Waals surface area contributed by atoms with Crippen molar-refractivity contribution in [2.24, 2.45) is 4.99 Å². The molecular formula is C25H22N4O. The van der Waals surface area contributed by atoms with E-state index in [9.17, 15) is 0 Å². The van der Waals surface area contributed by atoms with Crippen molar-refractivity contribution in [2.75, 3.05) is 6.61 Å². The second-order valence-electron chi connectivity index (χ2n) is 7.12. The SMILES string of the molecule is CCOCc1ncn2c1CN=C(c1ccccn1)c1cc(-c3ccccc3)ccc1-2. The van der Waals surface area contributed by atoms with Crippen LogP contribution in [-0.4, -0.2) is 26.9 Å². The van der Waals surface area contributed by atoms with Crippen LogP contribution in [-0.2, 0) is 17.9 Å². The quantitative estimate of drug-likeness (QED) is 0.488. The lowest BCUT2D eigenvalue weighted by Crippen LogP contribution is -2.08. The lowest BCUT2D eigenvalue weighted by Gasteiger charge is -2.13. The third-order valence-corrected chi connectivity index (χ3v) is 5.31. The molecule has 5 heteroatoms. The van der Waals surface area contributed by atoms with Crippen molar-refractivity contribution in [1.29, 1.82) is 0 Å². The van der Waals surface area contributed by atoms with Gasteiger partial charge in [0.2, 0.25) is 0 Å². The Balaban J connectivity index is 1.70. The molecule has 148 valence electrons.